The van der Waals surface area contributed by atoms with Crippen LogP contribution >= 0.6 is 11.6 Å². The molecule has 0 heterocycles. The van der Waals surface area contributed by atoms with Gasteiger partial charge in [0.2, 0.25) is 0 Å². The lowest BCUT2D eigenvalue weighted by molar-refractivity contribution is 0.102. The Morgan fingerprint density at radius 2 is 1.79 bits per heavy atom. The van der Waals surface area contributed by atoms with Crippen molar-refractivity contribution < 1.29 is 4.79 Å². The first-order valence-corrected chi connectivity index (χ1v) is 6.29. The van der Waals surface area contributed by atoms with Crippen LogP contribution < -0.4 is 11.1 Å². The number of carbonyl (C=O) groups excluding carboxylic acids is 1. The molecule has 0 aliphatic carbocycles. The molecular formula is C15H15ClN2O. The van der Waals surface area contributed by atoms with Gasteiger partial charge in [-0.05, 0) is 49.2 Å². The van der Waals surface area contributed by atoms with E-state index in [1.165, 1.54) is 0 Å². The summed E-state index contributed by atoms with van der Waals surface area (Å²) >= 11 is 5.93. The average Bonchev–Trinajstić information content (AvgIpc) is 2.36. The number of halogens is 1. The van der Waals surface area contributed by atoms with Crippen molar-refractivity contribution in [2.75, 3.05) is 11.1 Å². The normalized spacial score (nSPS) is 10.3. The first-order valence-electron chi connectivity index (χ1n) is 5.91. The van der Waals surface area contributed by atoms with Crippen LogP contribution in [0.1, 0.15) is 21.5 Å². The molecule has 3 nitrogen and oxygen atoms in total. The molecule has 2 aromatic rings. The topological polar surface area (TPSA) is 55.1 Å². The Labute approximate surface area is 117 Å². The van der Waals surface area contributed by atoms with E-state index < -0.39 is 0 Å². The van der Waals surface area contributed by atoms with E-state index in [1.807, 2.05) is 26.0 Å². The number of hydrogen-bond donors (Lipinski definition) is 2. The summed E-state index contributed by atoms with van der Waals surface area (Å²) in [5, 5.41) is 3.44. The van der Waals surface area contributed by atoms with Crippen molar-refractivity contribution in [3.05, 3.63) is 58.1 Å². The molecule has 0 saturated heterocycles. The highest BCUT2D eigenvalue weighted by molar-refractivity contribution is 6.31. The number of carbonyl (C=O) groups is 1. The van der Waals surface area contributed by atoms with Crippen LogP contribution in [-0.2, 0) is 0 Å². The largest absolute Gasteiger partial charge is 0.399 e. The van der Waals surface area contributed by atoms with Gasteiger partial charge in [0.1, 0.15) is 0 Å². The van der Waals surface area contributed by atoms with Crippen molar-refractivity contribution in [1.82, 2.24) is 0 Å². The Bertz CT molecular complexity index is 638. The zero-order valence-electron chi connectivity index (χ0n) is 10.8. The molecule has 3 N–H and O–H groups in total. The molecule has 1 amide bonds. The summed E-state index contributed by atoms with van der Waals surface area (Å²) in [6.07, 6.45) is 0. The van der Waals surface area contributed by atoms with E-state index in [4.69, 9.17) is 17.3 Å². The summed E-state index contributed by atoms with van der Waals surface area (Å²) < 4.78 is 0. The van der Waals surface area contributed by atoms with Gasteiger partial charge in [-0.15, -0.1) is 0 Å². The van der Waals surface area contributed by atoms with Crippen LogP contribution in [0.5, 0.6) is 0 Å². The fraction of sp³-hybridized carbons (Fsp3) is 0.133. The molecule has 0 radical (unpaired) electrons. The summed E-state index contributed by atoms with van der Waals surface area (Å²) in [6, 6.07) is 10.7. The number of aryl methyl sites for hydroxylation is 2. The SMILES string of the molecule is Cc1ccc(Cl)cc1NC(=O)c1cc(N)ccc1C. The van der Waals surface area contributed by atoms with Crippen LogP contribution in [0.2, 0.25) is 5.02 Å². The zero-order valence-corrected chi connectivity index (χ0v) is 11.6. The van der Waals surface area contributed by atoms with E-state index >= 15 is 0 Å². The van der Waals surface area contributed by atoms with Gasteiger partial charge in [-0.1, -0.05) is 23.7 Å². The van der Waals surface area contributed by atoms with Gasteiger partial charge in [0, 0.05) is 22.0 Å². The van der Waals surface area contributed by atoms with Gasteiger partial charge in [-0.2, -0.15) is 0 Å². The highest BCUT2D eigenvalue weighted by Gasteiger charge is 2.11. The van der Waals surface area contributed by atoms with E-state index in [9.17, 15) is 4.79 Å². The predicted octanol–water partition coefficient (Wildman–Crippen LogP) is 3.79. The second-order valence-corrected chi connectivity index (χ2v) is 4.92. The van der Waals surface area contributed by atoms with Gasteiger partial charge in [0.05, 0.1) is 0 Å². The molecule has 0 bridgehead atoms. The maximum atomic E-state index is 12.2. The van der Waals surface area contributed by atoms with E-state index in [0.29, 0.717) is 22.0 Å². The molecule has 0 saturated carbocycles. The minimum Gasteiger partial charge on any atom is -0.399 e. The molecular weight excluding hydrogens is 260 g/mol. The van der Waals surface area contributed by atoms with Gasteiger partial charge in [-0.25, -0.2) is 0 Å². The number of anilines is 2. The van der Waals surface area contributed by atoms with Crippen molar-refractivity contribution in [3.8, 4) is 0 Å². The lowest BCUT2D eigenvalue weighted by atomic mass is 10.1. The zero-order chi connectivity index (χ0) is 14.0. The van der Waals surface area contributed by atoms with E-state index in [0.717, 1.165) is 11.1 Å². The maximum absolute atomic E-state index is 12.2. The molecule has 19 heavy (non-hydrogen) atoms. The minimum atomic E-state index is -0.185. The third-order valence-corrected chi connectivity index (χ3v) is 3.19. The number of nitrogens with one attached hydrogen (secondary N) is 1. The molecule has 0 atom stereocenters. The van der Waals surface area contributed by atoms with Crippen LogP contribution in [0.3, 0.4) is 0 Å². The Hall–Kier alpha value is -2.00. The number of amides is 1. The molecule has 0 aliphatic rings. The minimum absolute atomic E-state index is 0.185. The van der Waals surface area contributed by atoms with Crippen molar-refractivity contribution in [3.63, 3.8) is 0 Å². The average molecular weight is 275 g/mol. The quantitative estimate of drug-likeness (QED) is 0.819. The highest BCUT2D eigenvalue weighted by Crippen LogP contribution is 2.22. The monoisotopic (exact) mass is 274 g/mol. The van der Waals surface area contributed by atoms with Gasteiger partial charge in [0.15, 0.2) is 0 Å². The van der Waals surface area contributed by atoms with Crippen molar-refractivity contribution >= 4 is 28.9 Å². The molecule has 0 aromatic heterocycles. The molecule has 0 spiro atoms. The number of benzene rings is 2. The fourth-order valence-electron chi connectivity index (χ4n) is 1.80. The fourth-order valence-corrected chi connectivity index (χ4v) is 1.97. The first-order chi connectivity index (χ1) is 8.97. The Kier molecular flexibility index (Phi) is 3.76. The van der Waals surface area contributed by atoms with E-state index in [-0.39, 0.29) is 5.91 Å². The number of hydrogen-bond acceptors (Lipinski definition) is 2. The predicted molar refractivity (Wildman–Crippen MR) is 79.7 cm³/mol. The summed E-state index contributed by atoms with van der Waals surface area (Å²) in [5.74, 6) is -0.185. The lowest BCUT2D eigenvalue weighted by Crippen LogP contribution is -2.14. The third-order valence-electron chi connectivity index (χ3n) is 2.95. The number of rotatable bonds is 2. The summed E-state index contributed by atoms with van der Waals surface area (Å²) in [4.78, 5) is 12.2. The molecule has 4 heteroatoms. The number of nitrogen functional groups attached to an aromatic ring is 1. The summed E-state index contributed by atoms with van der Waals surface area (Å²) in [7, 11) is 0. The van der Waals surface area contributed by atoms with Crippen LogP contribution in [0.25, 0.3) is 0 Å². The van der Waals surface area contributed by atoms with Crippen LogP contribution in [0.4, 0.5) is 11.4 Å². The van der Waals surface area contributed by atoms with Crippen molar-refractivity contribution in [2.45, 2.75) is 13.8 Å². The summed E-state index contributed by atoms with van der Waals surface area (Å²) in [5.41, 5.74) is 9.39. The lowest BCUT2D eigenvalue weighted by Gasteiger charge is -2.11. The summed E-state index contributed by atoms with van der Waals surface area (Å²) in [6.45, 7) is 3.79. The second-order valence-electron chi connectivity index (χ2n) is 4.49. The van der Waals surface area contributed by atoms with Gasteiger partial charge < -0.3 is 11.1 Å². The Morgan fingerprint density at radius 1 is 1.11 bits per heavy atom. The Balaban J connectivity index is 2.30. The second kappa shape index (κ2) is 5.33. The van der Waals surface area contributed by atoms with E-state index in [2.05, 4.69) is 5.32 Å². The smallest absolute Gasteiger partial charge is 0.256 e. The van der Waals surface area contributed by atoms with Crippen LogP contribution in [0.15, 0.2) is 36.4 Å². The van der Waals surface area contributed by atoms with Crippen LogP contribution in [-0.4, -0.2) is 5.91 Å². The van der Waals surface area contributed by atoms with Crippen LogP contribution in [0, 0.1) is 13.8 Å². The molecule has 98 valence electrons. The molecule has 2 aromatic carbocycles. The van der Waals surface area contributed by atoms with Crippen molar-refractivity contribution in [2.24, 2.45) is 0 Å². The molecule has 2 rings (SSSR count). The maximum Gasteiger partial charge on any atom is 0.256 e. The Morgan fingerprint density at radius 3 is 2.53 bits per heavy atom. The molecule has 0 unspecified atom stereocenters. The van der Waals surface area contributed by atoms with Crippen molar-refractivity contribution in [1.29, 1.82) is 0 Å². The first kappa shape index (κ1) is 13.4. The van der Waals surface area contributed by atoms with E-state index in [1.54, 1.807) is 24.3 Å². The number of nitrogens with two attached hydrogens (primary N) is 1. The van der Waals surface area contributed by atoms with Gasteiger partial charge in [-0.3, -0.25) is 4.79 Å². The third kappa shape index (κ3) is 3.06. The molecule has 0 aliphatic heterocycles. The highest BCUT2D eigenvalue weighted by atomic mass is 35.5. The van der Waals surface area contributed by atoms with Gasteiger partial charge >= 0.3 is 0 Å². The molecule has 0 fully saturated rings. The standard InChI is InChI=1S/C15H15ClN2O/c1-9-4-6-12(17)8-13(9)15(19)18-14-7-11(16)5-3-10(14)2/h3-8H,17H2,1-2H3,(H,18,19). The van der Waals surface area contributed by atoms with Gasteiger partial charge in [0.25, 0.3) is 5.91 Å².